The lowest BCUT2D eigenvalue weighted by atomic mass is 9.80. The fourth-order valence-electron chi connectivity index (χ4n) is 5.47. The van der Waals surface area contributed by atoms with Gasteiger partial charge in [0.05, 0.1) is 32.2 Å². The monoisotopic (exact) mass is 582 g/mol. The molecule has 3 atom stereocenters. The van der Waals surface area contributed by atoms with Gasteiger partial charge in [0.1, 0.15) is 23.1 Å². The van der Waals surface area contributed by atoms with Crippen LogP contribution in [0.4, 0.5) is 5.82 Å². The molecular formula is C30H27ClN8O3. The van der Waals surface area contributed by atoms with Crippen molar-refractivity contribution in [2.24, 2.45) is 5.11 Å². The van der Waals surface area contributed by atoms with Gasteiger partial charge in [0.2, 0.25) is 5.28 Å². The Hall–Kier alpha value is -4.67. The maximum Gasteiger partial charge on any atom is 0.226 e. The lowest BCUT2D eigenvalue weighted by Crippen LogP contribution is -2.37. The van der Waals surface area contributed by atoms with E-state index in [1.807, 2.05) is 84.9 Å². The molecule has 1 aliphatic rings. The highest BCUT2D eigenvalue weighted by Crippen LogP contribution is 2.42. The van der Waals surface area contributed by atoms with Gasteiger partial charge in [0.25, 0.3) is 0 Å². The Morgan fingerprint density at radius 3 is 2.29 bits per heavy atom. The van der Waals surface area contributed by atoms with Crippen molar-refractivity contribution in [3.05, 3.63) is 124 Å². The van der Waals surface area contributed by atoms with Crippen molar-refractivity contribution in [1.29, 1.82) is 0 Å². The van der Waals surface area contributed by atoms with Gasteiger partial charge in [-0.2, -0.15) is 9.97 Å². The zero-order valence-electron chi connectivity index (χ0n) is 22.6. The first kappa shape index (κ1) is 27.5. The second-order valence-electron chi connectivity index (χ2n) is 9.79. The molecule has 12 heteroatoms. The largest absolute Gasteiger partial charge is 0.497 e. The van der Waals surface area contributed by atoms with E-state index in [4.69, 9.17) is 31.5 Å². The zero-order chi connectivity index (χ0) is 29.1. The van der Waals surface area contributed by atoms with E-state index >= 15 is 0 Å². The van der Waals surface area contributed by atoms with Gasteiger partial charge in [0, 0.05) is 11.3 Å². The van der Waals surface area contributed by atoms with Crippen LogP contribution in [0.2, 0.25) is 5.28 Å². The van der Waals surface area contributed by atoms with Crippen molar-refractivity contribution in [3.63, 3.8) is 0 Å². The predicted octanol–water partition coefficient (Wildman–Crippen LogP) is 6.05. The number of hydrogen-bond acceptors (Lipinski definition) is 8. The smallest absolute Gasteiger partial charge is 0.226 e. The van der Waals surface area contributed by atoms with Crippen molar-refractivity contribution in [1.82, 2.24) is 19.5 Å². The number of nitrogen functional groups attached to an aromatic ring is 1. The minimum Gasteiger partial charge on any atom is -0.497 e. The first-order chi connectivity index (χ1) is 20.5. The van der Waals surface area contributed by atoms with E-state index in [0.29, 0.717) is 17.6 Å². The Bertz CT molecular complexity index is 1690. The van der Waals surface area contributed by atoms with Crippen molar-refractivity contribution in [3.8, 4) is 5.75 Å². The quantitative estimate of drug-likeness (QED) is 0.0732. The molecule has 11 nitrogen and oxygen atoms in total. The third-order valence-electron chi connectivity index (χ3n) is 7.46. The van der Waals surface area contributed by atoms with Crippen LogP contribution >= 0.6 is 11.6 Å². The van der Waals surface area contributed by atoms with Crippen molar-refractivity contribution < 1.29 is 14.2 Å². The number of halogens is 1. The van der Waals surface area contributed by atoms with Gasteiger partial charge in [-0.15, -0.1) is 0 Å². The maximum atomic E-state index is 9.39. The third kappa shape index (κ3) is 4.99. The number of hydrogen-bond donors (Lipinski definition) is 1. The number of nitrogens with zero attached hydrogens (tertiary/aromatic N) is 7. The molecule has 0 spiro atoms. The number of imidazole rings is 1. The SMILES string of the molecule is COc1ccc(C(OC[C@H]2O[C@@H](n3cnc4c(N)nc(Cl)nc43)CC2N=[N+]=[N-])(c2ccccc2)c2ccccc2)cc1. The summed E-state index contributed by atoms with van der Waals surface area (Å²) in [7, 11) is 1.63. The van der Waals surface area contributed by atoms with E-state index in [9.17, 15) is 5.53 Å². The summed E-state index contributed by atoms with van der Waals surface area (Å²) in [6, 6.07) is 27.3. The first-order valence-corrected chi connectivity index (χ1v) is 13.7. The molecule has 1 fully saturated rings. The van der Waals surface area contributed by atoms with Gasteiger partial charge < -0.3 is 19.9 Å². The highest BCUT2D eigenvalue weighted by Gasteiger charge is 2.42. The summed E-state index contributed by atoms with van der Waals surface area (Å²) < 4.78 is 20.6. The third-order valence-corrected chi connectivity index (χ3v) is 7.63. The van der Waals surface area contributed by atoms with Crippen LogP contribution in [0.5, 0.6) is 5.75 Å². The van der Waals surface area contributed by atoms with Crippen LogP contribution in [0, 0.1) is 0 Å². The molecule has 42 heavy (non-hydrogen) atoms. The molecule has 6 rings (SSSR count). The normalized spacial score (nSPS) is 18.6. The van der Waals surface area contributed by atoms with Gasteiger partial charge in [-0.05, 0) is 46.0 Å². The van der Waals surface area contributed by atoms with Gasteiger partial charge in [-0.25, -0.2) is 4.98 Å². The molecule has 0 amide bonds. The highest BCUT2D eigenvalue weighted by atomic mass is 35.5. The lowest BCUT2D eigenvalue weighted by molar-refractivity contribution is -0.0779. The number of anilines is 1. The standard InChI is InChI=1S/C30H27ClN8O3/c1-40-22-14-12-21(13-15-22)30(19-8-4-2-5-9-19,20-10-6-3-7-11-20)41-17-24-23(37-38-33)16-25(42-24)39-18-34-26-27(32)35-29(31)36-28(26)39/h2-15,18,23-25H,16-17H2,1H3,(H2,32,35,36)/t23?,24-,25-/m1/s1. The van der Waals surface area contributed by atoms with E-state index in [0.717, 1.165) is 22.4 Å². The van der Waals surface area contributed by atoms with E-state index in [1.54, 1.807) is 18.0 Å². The molecule has 3 heterocycles. The number of methoxy groups -OCH3 is 1. The number of aromatic nitrogens is 4. The van der Waals surface area contributed by atoms with Gasteiger partial charge in [0.15, 0.2) is 11.5 Å². The number of nitrogens with two attached hydrogens (primary N) is 1. The molecule has 2 N–H and O–H groups in total. The van der Waals surface area contributed by atoms with E-state index in [-0.39, 0.29) is 17.7 Å². The van der Waals surface area contributed by atoms with Crippen LogP contribution in [0.15, 0.2) is 96.4 Å². The maximum absolute atomic E-state index is 9.39. The molecule has 0 aliphatic carbocycles. The van der Waals surface area contributed by atoms with Gasteiger partial charge in [-0.3, -0.25) is 4.57 Å². The Kier molecular flexibility index (Phi) is 7.64. The van der Waals surface area contributed by atoms with Crippen LogP contribution in [0.1, 0.15) is 29.3 Å². The predicted molar refractivity (Wildman–Crippen MR) is 158 cm³/mol. The molecule has 1 saturated heterocycles. The summed E-state index contributed by atoms with van der Waals surface area (Å²) in [6.07, 6.45) is 0.816. The van der Waals surface area contributed by atoms with Crippen LogP contribution in [-0.4, -0.2) is 45.4 Å². The summed E-state index contributed by atoms with van der Waals surface area (Å²) >= 11 is 6.08. The summed E-state index contributed by atoms with van der Waals surface area (Å²) in [5.41, 5.74) is 18.0. The van der Waals surface area contributed by atoms with Crippen molar-refractivity contribution >= 4 is 28.6 Å². The first-order valence-electron chi connectivity index (χ1n) is 13.3. The summed E-state index contributed by atoms with van der Waals surface area (Å²) in [6.45, 7) is 0.112. The minimum atomic E-state index is -1.01. The molecule has 1 unspecified atom stereocenters. The molecular weight excluding hydrogens is 556 g/mol. The van der Waals surface area contributed by atoms with Gasteiger partial charge >= 0.3 is 0 Å². The number of fused-ring (bicyclic) bond motifs is 1. The average Bonchev–Trinajstić information content (AvgIpc) is 3.63. The number of benzene rings is 3. The number of rotatable bonds is 9. The summed E-state index contributed by atoms with van der Waals surface area (Å²) in [5.74, 6) is 0.902. The highest BCUT2D eigenvalue weighted by molar-refractivity contribution is 6.28. The second-order valence-corrected chi connectivity index (χ2v) is 10.1. The molecule has 3 aromatic carbocycles. The van der Waals surface area contributed by atoms with Gasteiger partial charge in [-0.1, -0.05) is 77.9 Å². The second kappa shape index (κ2) is 11.7. The van der Waals surface area contributed by atoms with Crippen LogP contribution in [0.3, 0.4) is 0 Å². The fraction of sp³-hybridized carbons (Fsp3) is 0.233. The Morgan fingerprint density at radius 2 is 1.67 bits per heavy atom. The van der Waals surface area contributed by atoms with E-state index < -0.39 is 24.0 Å². The summed E-state index contributed by atoms with van der Waals surface area (Å²) in [4.78, 5) is 15.7. The van der Waals surface area contributed by atoms with E-state index in [1.165, 1.54) is 0 Å². The molecule has 212 valence electrons. The minimum absolute atomic E-state index is 0.00113. The number of azide groups is 1. The van der Waals surface area contributed by atoms with Crippen LogP contribution in [-0.2, 0) is 15.1 Å². The average molecular weight is 583 g/mol. The van der Waals surface area contributed by atoms with E-state index in [2.05, 4.69) is 25.0 Å². The zero-order valence-corrected chi connectivity index (χ0v) is 23.4. The molecule has 1 aliphatic heterocycles. The molecule has 5 aromatic rings. The van der Waals surface area contributed by atoms with Crippen LogP contribution < -0.4 is 10.5 Å². The lowest BCUT2D eigenvalue weighted by Gasteiger charge is -2.37. The fourth-order valence-corrected chi connectivity index (χ4v) is 5.64. The Morgan fingerprint density at radius 1 is 1.02 bits per heavy atom. The van der Waals surface area contributed by atoms with Crippen LogP contribution in [0.25, 0.3) is 21.6 Å². The molecule has 2 aromatic heterocycles. The van der Waals surface area contributed by atoms with Crippen molar-refractivity contribution in [2.75, 3.05) is 19.5 Å². The molecule has 0 radical (unpaired) electrons. The number of ether oxygens (including phenoxy) is 3. The Labute approximate surface area is 246 Å². The Balaban J connectivity index is 1.39. The molecule has 0 saturated carbocycles. The topological polar surface area (TPSA) is 146 Å². The summed E-state index contributed by atoms with van der Waals surface area (Å²) in [5, 5.41) is 4.06. The van der Waals surface area contributed by atoms with Crippen molar-refractivity contribution in [2.45, 2.75) is 30.4 Å². The molecule has 0 bridgehead atoms.